The average Bonchev–Trinajstić information content (AvgIpc) is 3.05. The Morgan fingerprint density at radius 3 is 2.53 bits per heavy atom. The zero-order valence-corrected chi connectivity index (χ0v) is 11.9. The molecule has 0 bridgehead atoms. The number of hydrogen-bond acceptors (Lipinski definition) is 2. The number of nitrogens with zero attached hydrogens (tertiary/aromatic N) is 2. The molecule has 1 aromatic carbocycles. The Bertz CT molecular complexity index is 527. The van der Waals surface area contributed by atoms with E-state index in [1.165, 1.54) is 29.5 Å². The Balaban J connectivity index is 0.00000133. The van der Waals surface area contributed by atoms with E-state index in [0.29, 0.717) is 0 Å². The minimum atomic E-state index is 0. The Labute approximate surface area is 120 Å². The van der Waals surface area contributed by atoms with E-state index < -0.39 is 0 Å². The van der Waals surface area contributed by atoms with Crippen molar-refractivity contribution in [2.75, 3.05) is 0 Å². The molecule has 3 rings (SSSR count). The number of nitrogens with two attached hydrogens (primary N) is 1. The number of aromatic nitrogens is 2. The van der Waals surface area contributed by atoms with Gasteiger partial charge in [-0.25, -0.2) is 0 Å². The molecule has 0 spiro atoms. The fourth-order valence-electron chi connectivity index (χ4n) is 2.16. The normalized spacial score (nSPS) is 15.9. The summed E-state index contributed by atoms with van der Waals surface area (Å²) < 4.78 is 2.06. The molecule has 4 heteroatoms. The first-order valence-electron chi connectivity index (χ1n) is 6.61. The van der Waals surface area contributed by atoms with E-state index in [4.69, 9.17) is 5.73 Å². The Morgan fingerprint density at radius 1 is 1.26 bits per heavy atom. The molecule has 3 nitrogen and oxygen atoms in total. The molecule has 1 unspecified atom stereocenters. The molecule has 1 aliphatic rings. The fourth-order valence-corrected chi connectivity index (χ4v) is 2.16. The maximum absolute atomic E-state index is 5.85. The van der Waals surface area contributed by atoms with Crippen LogP contribution in [0.25, 0.3) is 11.1 Å². The molecule has 0 radical (unpaired) electrons. The van der Waals surface area contributed by atoms with Crippen LogP contribution < -0.4 is 5.73 Å². The highest BCUT2D eigenvalue weighted by molar-refractivity contribution is 5.85. The van der Waals surface area contributed by atoms with Crippen molar-refractivity contribution >= 4 is 12.4 Å². The van der Waals surface area contributed by atoms with Crippen LogP contribution in [-0.2, 0) is 6.54 Å². The third-order valence-electron chi connectivity index (χ3n) is 3.55. The molecular weight excluding hydrogens is 258 g/mol. The predicted molar refractivity (Wildman–Crippen MR) is 80.2 cm³/mol. The van der Waals surface area contributed by atoms with Gasteiger partial charge in [0.05, 0.1) is 6.20 Å². The average molecular weight is 278 g/mol. The molecule has 102 valence electrons. The monoisotopic (exact) mass is 277 g/mol. The van der Waals surface area contributed by atoms with Crippen molar-refractivity contribution in [2.45, 2.75) is 32.4 Å². The Kier molecular flexibility index (Phi) is 4.27. The van der Waals surface area contributed by atoms with Crippen LogP contribution in [0.3, 0.4) is 0 Å². The second-order valence-electron chi connectivity index (χ2n) is 5.31. The second kappa shape index (κ2) is 5.76. The third-order valence-corrected chi connectivity index (χ3v) is 3.55. The van der Waals surface area contributed by atoms with Gasteiger partial charge in [-0.2, -0.15) is 5.10 Å². The Hall–Kier alpha value is -1.32. The van der Waals surface area contributed by atoms with Gasteiger partial charge in [0.25, 0.3) is 0 Å². The zero-order valence-electron chi connectivity index (χ0n) is 11.1. The summed E-state index contributed by atoms with van der Waals surface area (Å²) in [6.45, 7) is 3.07. The lowest BCUT2D eigenvalue weighted by atomic mass is 10.0. The van der Waals surface area contributed by atoms with Gasteiger partial charge in [-0.1, -0.05) is 24.3 Å². The lowest BCUT2D eigenvalue weighted by Gasteiger charge is -2.05. The standard InChI is InChI=1S/C15H19N3.ClH/c1-11(16)13-4-6-14(7-5-13)15-8-17-18(10-15)9-12-2-3-12;/h4-8,10-12H,2-3,9,16H2,1H3;1H. The maximum Gasteiger partial charge on any atom is 0.0568 e. The molecule has 0 aliphatic heterocycles. The smallest absolute Gasteiger partial charge is 0.0568 e. The minimum Gasteiger partial charge on any atom is -0.324 e. The largest absolute Gasteiger partial charge is 0.324 e. The number of rotatable bonds is 4. The van der Waals surface area contributed by atoms with Gasteiger partial charge in [-0.15, -0.1) is 12.4 Å². The first-order chi connectivity index (χ1) is 8.72. The van der Waals surface area contributed by atoms with Crippen LogP contribution in [0.1, 0.15) is 31.4 Å². The second-order valence-corrected chi connectivity index (χ2v) is 5.31. The van der Waals surface area contributed by atoms with Crippen molar-refractivity contribution in [1.82, 2.24) is 9.78 Å². The summed E-state index contributed by atoms with van der Waals surface area (Å²) >= 11 is 0. The summed E-state index contributed by atoms with van der Waals surface area (Å²) in [6, 6.07) is 8.53. The summed E-state index contributed by atoms with van der Waals surface area (Å²) in [6.07, 6.45) is 6.80. The molecule has 1 fully saturated rings. The first-order valence-corrected chi connectivity index (χ1v) is 6.61. The van der Waals surface area contributed by atoms with Crippen LogP contribution in [0, 0.1) is 5.92 Å². The molecule has 2 N–H and O–H groups in total. The molecule has 0 amide bonds. The van der Waals surface area contributed by atoms with Crippen molar-refractivity contribution in [3.8, 4) is 11.1 Å². The molecule has 1 heterocycles. The van der Waals surface area contributed by atoms with Crippen LogP contribution in [0.2, 0.25) is 0 Å². The van der Waals surface area contributed by atoms with Gasteiger partial charge in [0.2, 0.25) is 0 Å². The van der Waals surface area contributed by atoms with E-state index in [-0.39, 0.29) is 18.4 Å². The van der Waals surface area contributed by atoms with Crippen molar-refractivity contribution in [2.24, 2.45) is 11.7 Å². The lowest BCUT2D eigenvalue weighted by molar-refractivity contribution is 0.563. The van der Waals surface area contributed by atoms with Crippen molar-refractivity contribution in [3.05, 3.63) is 42.2 Å². The molecule has 19 heavy (non-hydrogen) atoms. The van der Waals surface area contributed by atoms with E-state index in [0.717, 1.165) is 12.5 Å². The van der Waals surface area contributed by atoms with E-state index in [1.54, 1.807) is 0 Å². The maximum atomic E-state index is 5.85. The summed E-state index contributed by atoms with van der Waals surface area (Å²) in [5.41, 5.74) is 9.42. The molecular formula is C15H20ClN3. The Morgan fingerprint density at radius 2 is 1.95 bits per heavy atom. The van der Waals surface area contributed by atoms with Crippen molar-refractivity contribution < 1.29 is 0 Å². The molecule has 2 aromatic rings. The van der Waals surface area contributed by atoms with Crippen LogP contribution >= 0.6 is 12.4 Å². The molecule has 1 aliphatic carbocycles. The lowest BCUT2D eigenvalue weighted by Crippen LogP contribution is -2.04. The summed E-state index contributed by atoms with van der Waals surface area (Å²) in [5.74, 6) is 0.859. The van der Waals surface area contributed by atoms with Gasteiger partial charge < -0.3 is 5.73 Å². The topological polar surface area (TPSA) is 43.8 Å². The van der Waals surface area contributed by atoms with Gasteiger partial charge in [0, 0.05) is 24.3 Å². The molecule has 1 aromatic heterocycles. The number of halogens is 1. The highest BCUT2D eigenvalue weighted by Crippen LogP contribution is 2.31. The number of hydrogen-bond donors (Lipinski definition) is 1. The van der Waals surface area contributed by atoms with Crippen LogP contribution in [0.4, 0.5) is 0 Å². The number of benzene rings is 1. The summed E-state index contributed by atoms with van der Waals surface area (Å²) in [5, 5.41) is 4.42. The fraction of sp³-hybridized carbons (Fsp3) is 0.400. The van der Waals surface area contributed by atoms with Gasteiger partial charge in [0.1, 0.15) is 0 Å². The highest BCUT2D eigenvalue weighted by Gasteiger charge is 2.21. The van der Waals surface area contributed by atoms with E-state index >= 15 is 0 Å². The van der Waals surface area contributed by atoms with Crippen LogP contribution in [0.5, 0.6) is 0 Å². The molecule has 1 atom stereocenters. The van der Waals surface area contributed by atoms with Crippen LogP contribution in [0.15, 0.2) is 36.7 Å². The van der Waals surface area contributed by atoms with E-state index in [9.17, 15) is 0 Å². The molecule has 1 saturated carbocycles. The quantitative estimate of drug-likeness (QED) is 0.931. The van der Waals surface area contributed by atoms with Crippen molar-refractivity contribution in [3.63, 3.8) is 0 Å². The minimum absolute atomic E-state index is 0. The summed E-state index contributed by atoms with van der Waals surface area (Å²) in [7, 11) is 0. The van der Waals surface area contributed by atoms with E-state index in [1.807, 2.05) is 13.1 Å². The predicted octanol–water partition coefficient (Wildman–Crippen LogP) is 3.40. The van der Waals surface area contributed by atoms with Crippen LogP contribution in [-0.4, -0.2) is 9.78 Å². The SMILES string of the molecule is CC(N)c1ccc(-c2cnn(CC3CC3)c2)cc1.Cl. The van der Waals surface area contributed by atoms with Gasteiger partial charge >= 0.3 is 0 Å². The van der Waals surface area contributed by atoms with E-state index in [2.05, 4.69) is 40.2 Å². The summed E-state index contributed by atoms with van der Waals surface area (Å²) in [4.78, 5) is 0. The van der Waals surface area contributed by atoms with Gasteiger partial charge in [-0.3, -0.25) is 4.68 Å². The van der Waals surface area contributed by atoms with Gasteiger partial charge in [0.15, 0.2) is 0 Å². The third kappa shape index (κ3) is 3.37. The van der Waals surface area contributed by atoms with Crippen molar-refractivity contribution in [1.29, 1.82) is 0 Å². The zero-order chi connectivity index (χ0) is 12.5. The highest BCUT2D eigenvalue weighted by atomic mass is 35.5. The molecule has 0 saturated heterocycles. The van der Waals surface area contributed by atoms with Gasteiger partial charge in [-0.05, 0) is 36.8 Å². The first kappa shape index (κ1) is 14.1.